The van der Waals surface area contributed by atoms with Crippen molar-refractivity contribution in [2.75, 3.05) is 13.1 Å². The van der Waals surface area contributed by atoms with Gasteiger partial charge in [-0.05, 0) is 6.42 Å². The monoisotopic (exact) mass is 272 g/mol. The fourth-order valence-electron chi connectivity index (χ4n) is 2.07. The molecule has 0 spiro atoms. The highest BCUT2D eigenvalue weighted by Gasteiger charge is 2.20. The van der Waals surface area contributed by atoms with Crippen molar-refractivity contribution in [3.05, 3.63) is 17.0 Å². The lowest BCUT2D eigenvalue weighted by Gasteiger charge is -2.12. The number of unbranched alkanes of at least 4 members (excludes halogenated alkanes) is 2. The lowest BCUT2D eigenvalue weighted by Crippen LogP contribution is -2.29. The van der Waals surface area contributed by atoms with Crippen molar-refractivity contribution in [3.63, 3.8) is 0 Å². The fourth-order valence-corrected chi connectivity index (χ4v) is 2.07. The molecular weight excluding hydrogens is 252 g/mol. The van der Waals surface area contributed by atoms with Gasteiger partial charge < -0.3 is 10.6 Å². The number of halogens is 1. The van der Waals surface area contributed by atoms with Crippen molar-refractivity contribution in [1.29, 1.82) is 0 Å². The van der Waals surface area contributed by atoms with Crippen molar-refractivity contribution in [2.24, 2.45) is 0 Å². The van der Waals surface area contributed by atoms with Crippen molar-refractivity contribution in [2.45, 2.75) is 39.2 Å². The van der Waals surface area contributed by atoms with Gasteiger partial charge in [-0.3, -0.25) is 9.89 Å². The molecule has 0 unspecified atom stereocenters. The number of carbonyl (C=O) groups excluding carboxylic acids is 1. The quantitative estimate of drug-likeness (QED) is 0.710. The zero-order valence-electron chi connectivity index (χ0n) is 10.7. The standard InChI is InChI=1S/C12H20N4O.ClH/c1-2-3-4-6-14-12(17)11-9-8-13-7-5-10(9)15-16-11;/h13H,2-8H2,1H3,(H,14,17)(H,15,16);1H. The first-order chi connectivity index (χ1) is 8.33. The lowest BCUT2D eigenvalue weighted by atomic mass is 10.1. The van der Waals surface area contributed by atoms with Gasteiger partial charge in [0, 0.05) is 37.3 Å². The molecule has 0 aromatic carbocycles. The number of fused-ring (bicyclic) bond motifs is 1. The van der Waals surface area contributed by atoms with Crippen LogP contribution in [0.1, 0.15) is 47.9 Å². The summed E-state index contributed by atoms with van der Waals surface area (Å²) in [6.07, 6.45) is 4.27. The second-order valence-corrected chi connectivity index (χ2v) is 4.42. The van der Waals surface area contributed by atoms with E-state index in [0.717, 1.165) is 56.6 Å². The van der Waals surface area contributed by atoms with Crippen LogP contribution in [-0.4, -0.2) is 29.2 Å². The number of carbonyl (C=O) groups is 1. The number of H-pyrrole nitrogens is 1. The molecule has 2 rings (SSSR count). The highest BCUT2D eigenvalue weighted by Crippen LogP contribution is 2.14. The Labute approximate surface area is 114 Å². The smallest absolute Gasteiger partial charge is 0.272 e. The van der Waals surface area contributed by atoms with Gasteiger partial charge in [-0.1, -0.05) is 19.8 Å². The number of hydrogen-bond donors (Lipinski definition) is 3. The van der Waals surface area contributed by atoms with E-state index in [9.17, 15) is 4.79 Å². The maximum Gasteiger partial charge on any atom is 0.272 e. The Morgan fingerprint density at radius 1 is 1.44 bits per heavy atom. The SMILES string of the molecule is CCCCCNC(=O)c1n[nH]c2c1CNCC2.Cl. The molecule has 1 amide bonds. The third-order valence-electron chi connectivity index (χ3n) is 3.09. The van der Waals surface area contributed by atoms with E-state index in [0.29, 0.717) is 5.69 Å². The summed E-state index contributed by atoms with van der Waals surface area (Å²) in [6, 6.07) is 0. The number of aromatic amines is 1. The second-order valence-electron chi connectivity index (χ2n) is 4.42. The van der Waals surface area contributed by atoms with E-state index in [1.165, 1.54) is 0 Å². The van der Waals surface area contributed by atoms with Crippen LogP contribution in [-0.2, 0) is 13.0 Å². The first-order valence-corrected chi connectivity index (χ1v) is 6.38. The fraction of sp³-hybridized carbons (Fsp3) is 0.667. The minimum atomic E-state index is -0.0534. The number of aromatic nitrogens is 2. The molecule has 1 aromatic rings. The highest BCUT2D eigenvalue weighted by atomic mass is 35.5. The van der Waals surface area contributed by atoms with E-state index in [1.54, 1.807) is 0 Å². The van der Waals surface area contributed by atoms with E-state index >= 15 is 0 Å². The molecule has 2 heterocycles. The summed E-state index contributed by atoms with van der Waals surface area (Å²) in [4.78, 5) is 11.9. The van der Waals surface area contributed by atoms with Crippen LogP contribution in [0.2, 0.25) is 0 Å². The molecule has 0 fully saturated rings. The molecule has 1 aliphatic heterocycles. The van der Waals surface area contributed by atoms with Crippen LogP contribution in [0.3, 0.4) is 0 Å². The number of rotatable bonds is 5. The molecule has 102 valence electrons. The Morgan fingerprint density at radius 3 is 3.06 bits per heavy atom. The molecule has 0 bridgehead atoms. The molecule has 0 aliphatic carbocycles. The van der Waals surface area contributed by atoms with Crippen molar-refractivity contribution in [3.8, 4) is 0 Å². The maximum atomic E-state index is 11.9. The molecule has 5 nitrogen and oxygen atoms in total. The summed E-state index contributed by atoms with van der Waals surface area (Å²) in [6.45, 7) is 4.58. The average Bonchev–Trinajstić information content (AvgIpc) is 2.78. The Hall–Kier alpha value is -1.07. The minimum Gasteiger partial charge on any atom is -0.351 e. The van der Waals surface area contributed by atoms with Crippen molar-refractivity contribution >= 4 is 18.3 Å². The predicted molar refractivity (Wildman–Crippen MR) is 73.1 cm³/mol. The van der Waals surface area contributed by atoms with Crippen LogP contribution in [0.15, 0.2) is 0 Å². The van der Waals surface area contributed by atoms with Gasteiger partial charge in [0.05, 0.1) is 0 Å². The number of hydrogen-bond acceptors (Lipinski definition) is 3. The van der Waals surface area contributed by atoms with E-state index < -0.39 is 0 Å². The van der Waals surface area contributed by atoms with Gasteiger partial charge >= 0.3 is 0 Å². The summed E-state index contributed by atoms with van der Waals surface area (Å²) in [5, 5.41) is 13.3. The highest BCUT2D eigenvalue weighted by molar-refractivity contribution is 5.94. The van der Waals surface area contributed by atoms with Crippen molar-refractivity contribution in [1.82, 2.24) is 20.8 Å². The van der Waals surface area contributed by atoms with Crippen molar-refractivity contribution < 1.29 is 4.79 Å². The molecule has 0 saturated heterocycles. The summed E-state index contributed by atoms with van der Waals surface area (Å²) in [7, 11) is 0. The second kappa shape index (κ2) is 7.38. The third kappa shape index (κ3) is 3.46. The molecule has 1 aliphatic rings. The molecule has 18 heavy (non-hydrogen) atoms. The van der Waals surface area contributed by atoms with Crippen LogP contribution in [0.5, 0.6) is 0 Å². The Bertz CT molecular complexity index is 391. The van der Waals surface area contributed by atoms with Gasteiger partial charge in [0.25, 0.3) is 5.91 Å². The van der Waals surface area contributed by atoms with Crippen LogP contribution < -0.4 is 10.6 Å². The topological polar surface area (TPSA) is 69.8 Å². The van der Waals surface area contributed by atoms with Crippen LogP contribution in [0, 0.1) is 0 Å². The molecule has 0 radical (unpaired) electrons. The first kappa shape index (κ1) is 15.0. The number of amides is 1. The van der Waals surface area contributed by atoms with E-state index in [2.05, 4.69) is 27.8 Å². The zero-order chi connectivity index (χ0) is 12.1. The predicted octanol–water partition coefficient (Wildman–Crippen LogP) is 1.40. The first-order valence-electron chi connectivity index (χ1n) is 6.38. The normalized spacial score (nSPS) is 13.6. The molecule has 1 aromatic heterocycles. The largest absolute Gasteiger partial charge is 0.351 e. The van der Waals surface area contributed by atoms with E-state index in [4.69, 9.17) is 0 Å². The zero-order valence-corrected chi connectivity index (χ0v) is 11.5. The summed E-state index contributed by atoms with van der Waals surface area (Å²) in [5.41, 5.74) is 2.69. The molecular formula is C12H21ClN4O. The van der Waals surface area contributed by atoms with Gasteiger partial charge in [0.15, 0.2) is 5.69 Å². The average molecular weight is 273 g/mol. The number of nitrogens with zero attached hydrogens (tertiary/aromatic N) is 1. The van der Waals surface area contributed by atoms with Crippen LogP contribution in [0.4, 0.5) is 0 Å². The summed E-state index contributed by atoms with van der Waals surface area (Å²) < 4.78 is 0. The Kier molecular flexibility index (Phi) is 6.15. The maximum absolute atomic E-state index is 11.9. The van der Waals surface area contributed by atoms with Crippen LogP contribution in [0.25, 0.3) is 0 Å². The van der Waals surface area contributed by atoms with Gasteiger partial charge in [-0.2, -0.15) is 5.10 Å². The van der Waals surface area contributed by atoms with E-state index in [1.807, 2.05) is 0 Å². The van der Waals surface area contributed by atoms with Gasteiger partial charge in [-0.15, -0.1) is 12.4 Å². The lowest BCUT2D eigenvalue weighted by molar-refractivity contribution is 0.0947. The molecule has 6 heteroatoms. The molecule has 0 saturated carbocycles. The summed E-state index contributed by atoms with van der Waals surface area (Å²) in [5.74, 6) is -0.0534. The van der Waals surface area contributed by atoms with Gasteiger partial charge in [0.1, 0.15) is 0 Å². The minimum absolute atomic E-state index is 0. The molecule has 0 atom stereocenters. The van der Waals surface area contributed by atoms with Gasteiger partial charge in [0.2, 0.25) is 0 Å². The third-order valence-corrected chi connectivity index (χ3v) is 3.09. The van der Waals surface area contributed by atoms with Crippen LogP contribution >= 0.6 is 12.4 Å². The molecule has 3 N–H and O–H groups in total. The Morgan fingerprint density at radius 2 is 2.28 bits per heavy atom. The van der Waals surface area contributed by atoms with E-state index in [-0.39, 0.29) is 18.3 Å². The van der Waals surface area contributed by atoms with Gasteiger partial charge in [-0.25, -0.2) is 0 Å². The summed E-state index contributed by atoms with van der Waals surface area (Å²) >= 11 is 0. The Balaban J connectivity index is 0.00000162. The number of nitrogens with one attached hydrogen (secondary N) is 3.